The third-order valence-corrected chi connectivity index (χ3v) is 10.5. The fraction of sp³-hybridized carbons (Fsp3) is 0. The largest absolute Gasteiger partial charge is 0.456 e. The van der Waals surface area contributed by atoms with Crippen molar-refractivity contribution in [1.29, 1.82) is 0 Å². The molecular formula is C49H29N3O. The van der Waals surface area contributed by atoms with E-state index in [-0.39, 0.29) is 0 Å². The molecule has 11 rings (SSSR count). The molecule has 0 bridgehead atoms. The van der Waals surface area contributed by atoms with E-state index in [2.05, 4.69) is 127 Å². The SMILES string of the molecule is c1ccc(-c2ccc(-c3nc(-c4ccccc4)nc(-c4cccc5oc6ccc(-c7cc8ccc9cccc%10ccc(c7)c8c9%10)cc6c45)n3)cc2)cc1. The summed E-state index contributed by atoms with van der Waals surface area (Å²) < 4.78 is 6.48. The molecule has 0 atom stereocenters. The number of fused-ring (bicyclic) bond motifs is 3. The maximum atomic E-state index is 6.48. The molecule has 246 valence electrons. The van der Waals surface area contributed by atoms with Crippen LogP contribution in [0.4, 0.5) is 0 Å². The summed E-state index contributed by atoms with van der Waals surface area (Å²) in [5, 5.41) is 9.67. The molecule has 4 heteroatoms. The van der Waals surface area contributed by atoms with Gasteiger partial charge >= 0.3 is 0 Å². The van der Waals surface area contributed by atoms with Gasteiger partial charge in [0.1, 0.15) is 11.2 Å². The highest BCUT2D eigenvalue weighted by Gasteiger charge is 2.19. The second-order valence-electron chi connectivity index (χ2n) is 13.6. The molecule has 0 fully saturated rings. The molecule has 0 N–H and O–H groups in total. The van der Waals surface area contributed by atoms with E-state index >= 15 is 0 Å². The van der Waals surface area contributed by atoms with E-state index in [9.17, 15) is 0 Å². The Morgan fingerprint density at radius 2 is 0.830 bits per heavy atom. The van der Waals surface area contributed by atoms with Gasteiger partial charge in [0.15, 0.2) is 17.5 Å². The van der Waals surface area contributed by atoms with Gasteiger partial charge in [-0.05, 0) is 84.9 Å². The highest BCUT2D eigenvalue weighted by molar-refractivity contribution is 6.24. The van der Waals surface area contributed by atoms with Crippen LogP contribution in [0.15, 0.2) is 180 Å². The van der Waals surface area contributed by atoms with Crippen LogP contribution in [0.5, 0.6) is 0 Å². The fourth-order valence-corrected chi connectivity index (χ4v) is 7.90. The lowest BCUT2D eigenvalue weighted by Crippen LogP contribution is -2.00. The van der Waals surface area contributed by atoms with E-state index in [1.807, 2.05) is 48.5 Å². The molecule has 0 aliphatic rings. The van der Waals surface area contributed by atoms with Crippen molar-refractivity contribution >= 4 is 54.3 Å². The second-order valence-corrected chi connectivity index (χ2v) is 13.6. The Labute approximate surface area is 305 Å². The van der Waals surface area contributed by atoms with Gasteiger partial charge in [-0.15, -0.1) is 0 Å². The fourth-order valence-electron chi connectivity index (χ4n) is 7.90. The van der Waals surface area contributed by atoms with Crippen molar-refractivity contribution in [2.24, 2.45) is 0 Å². The predicted octanol–water partition coefficient (Wildman–Crippen LogP) is 13.0. The van der Waals surface area contributed by atoms with Crippen molar-refractivity contribution in [3.63, 3.8) is 0 Å². The minimum Gasteiger partial charge on any atom is -0.456 e. The first-order valence-corrected chi connectivity index (χ1v) is 17.8. The first-order valence-electron chi connectivity index (χ1n) is 17.8. The minimum atomic E-state index is 0.600. The van der Waals surface area contributed by atoms with Crippen LogP contribution in [-0.4, -0.2) is 15.0 Å². The quantitative estimate of drug-likeness (QED) is 0.170. The van der Waals surface area contributed by atoms with E-state index in [0.717, 1.165) is 55.3 Å². The summed E-state index contributed by atoms with van der Waals surface area (Å²) in [5.74, 6) is 1.84. The van der Waals surface area contributed by atoms with E-state index in [1.165, 1.54) is 37.9 Å². The number of hydrogen-bond acceptors (Lipinski definition) is 4. The third kappa shape index (κ3) is 4.88. The van der Waals surface area contributed by atoms with E-state index in [1.54, 1.807) is 0 Å². The van der Waals surface area contributed by atoms with Crippen LogP contribution in [0.25, 0.3) is 111 Å². The summed E-state index contributed by atoms with van der Waals surface area (Å²) in [6.07, 6.45) is 0. The molecule has 11 aromatic rings. The van der Waals surface area contributed by atoms with Gasteiger partial charge in [-0.25, -0.2) is 15.0 Å². The lowest BCUT2D eigenvalue weighted by molar-refractivity contribution is 0.669. The third-order valence-electron chi connectivity index (χ3n) is 10.5. The molecule has 0 aliphatic heterocycles. The average molecular weight is 676 g/mol. The molecule has 9 aromatic carbocycles. The van der Waals surface area contributed by atoms with E-state index < -0.39 is 0 Å². The average Bonchev–Trinajstić information content (AvgIpc) is 3.61. The van der Waals surface area contributed by atoms with E-state index in [0.29, 0.717) is 17.5 Å². The van der Waals surface area contributed by atoms with Gasteiger partial charge in [-0.1, -0.05) is 146 Å². The van der Waals surface area contributed by atoms with Gasteiger partial charge < -0.3 is 4.42 Å². The zero-order valence-corrected chi connectivity index (χ0v) is 28.5. The molecule has 2 heterocycles. The summed E-state index contributed by atoms with van der Waals surface area (Å²) >= 11 is 0. The number of nitrogens with zero attached hydrogens (tertiary/aromatic N) is 3. The van der Waals surface area contributed by atoms with Gasteiger partial charge in [0.2, 0.25) is 0 Å². The highest BCUT2D eigenvalue weighted by atomic mass is 16.3. The standard InChI is InChI=1S/C49H29N3O/c1-3-9-30(10-4-1)31-17-21-35(22-18-31)48-50-47(34-11-5-2-6-12-34)51-49(52-48)40-15-8-16-43-46(40)41-29-36(25-26-42(41)53-43)39-27-37-23-19-32-13-7-14-33-20-24-38(28-39)45(37)44(32)33/h1-29H. The molecule has 0 saturated heterocycles. The Hall–Kier alpha value is -7.17. The molecule has 53 heavy (non-hydrogen) atoms. The lowest BCUT2D eigenvalue weighted by Gasteiger charge is -2.13. The monoisotopic (exact) mass is 675 g/mol. The van der Waals surface area contributed by atoms with Crippen molar-refractivity contribution in [2.75, 3.05) is 0 Å². The number of aromatic nitrogens is 3. The van der Waals surface area contributed by atoms with Crippen molar-refractivity contribution in [1.82, 2.24) is 15.0 Å². The van der Waals surface area contributed by atoms with Crippen LogP contribution < -0.4 is 0 Å². The van der Waals surface area contributed by atoms with Crippen molar-refractivity contribution in [3.8, 4) is 56.4 Å². The molecule has 0 amide bonds. The summed E-state index contributed by atoms with van der Waals surface area (Å²) in [7, 11) is 0. The molecule has 0 spiro atoms. The molecule has 0 saturated carbocycles. The summed E-state index contributed by atoms with van der Waals surface area (Å²) in [6.45, 7) is 0. The van der Waals surface area contributed by atoms with Crippen LogP contribution in [0.2, 0.25) is 0 Å². The van der Waals surface area contributed by atoms with Gasteiger partial charge in [-0.2, -0.15) is 0 Å². The Morgan fingerprint density at radius 1 is 0.302 bits per heavy atom. The van der Waals surface area contributed by atoms with Crippen molar-refractivity contribution < 1.29 is 4.42 Å². The molecule has 0 aliphatic carbocycles. The summed E-state index contributed by atoms with van der Waals surface area (Å²) in [6, 6.07) is 61.7. The van der Waals surface area contributed by atoms with Gasteiger partial charge in [0.05, 0.1) is 0 Å². The zero-order valence-electron chi connectivity index (χ0n) is 28.5. The summed E-state index contributed by atoms with van der Waals surface area (Å²) in [5.41, 5.74) is 8.96. The molecule has 0 radical (unpaired) electrons. The Bertz CT molecular complexity index is 3090. The van der Waals surface area contributed by atoms with Crippen molar-refractivity contribution in [2.45, 2.75) is 0 Å². The molecular weight excluding hydrogens is 647 g/mol. The van der Waals surface area contributed by atoms with Gasteiger partial charge in [-0.3, -0.25) is 0 Å². The topological polar surface area (TPSA) is 51.8 Å². The van der Waals surface area contributed by atoms with Crippen LogP contribution in [0.3, 0.4) is 0 Å². The second kappa shape index (κ2) is 11.7. The maximum absolute atomic E-state index is 6.48. The van der Waals surface area contributed by atoms with Crippen LogP contribution in [-0.2, 0) is 0 Å². The number of benzene rings is 9. The minimum absolute atomic E-state index is 0.600. The summed E-state index contributed by atoms with van der Waals surface area (Å²) in [4.78, 5) is 15.2. The lowest BCUT2D eigenvalue weighted by atomic mass is 9.91. The van der Waals surface area contributed by atoms with Crippen LogP contribution >= 0.6 is 0 Å². The highest BCUT2D eigenvalue weighted by Crippen LogP contribution is 2.41. The van der Waals surface area contributed by atoms with Gasteiger partial charge in [0.25, 0.3) is 0 Å². The number of hydrogen-bond donors (Lipinski definition) is 0. The Balaban J connectivity index is 1.08. The predicted molar refractivity (Wildman–Crippen MR) is 218 cm³/mol. The van der Waals surface area contributed by atoms with Crippen molar-refractivity contribution in [3.05, 3.63) is 176 Å². The first-order chi connectivity index (χ1) is 26.2. The molecule has 0 unspecified atom stereocenters. The normalized spacial score (nSPS) is 11.8. The van der Waals surface area contributed by atoms with Gasteiger partial charge in [0, 0.05) is 27.5 Å². The van der Waals surface area contributed by atoms with Crippen LogP contribution in [0, 0.1) is 0 Å². The zero-order chi connectivity index (χ0) is 34.9. The Morgan fingerprint density at radius 3 is 1.53 bits per heavy atom. The van der Waals surface area contributed by atoms with Crippen LogP contribution in [0.1, 0.15) is 0 Å². The first kappa shape index (κ1) is 29.5. The van der Waals surface area contributed by atoms with E-state index in [4.69, 9.17) is 19.4 Å². The maximum Gasteiger partial charge on any atom is 0.164 e. The number of furan rings is 1. The Kier molecular flexibility index (Phi) is 6.52. The number of rotatable bonds is 5. The smallest absolute Gasteiger partial charge is 0.164 e. The molecule has 2 aromatic heterocycles. The molecule has 4 nitrogen and oxygen atoms in total.